The minimum atomic E-state index is -0.668. The first kappa shape index (κ1) is 22.3. The Hall–Kier alpha value is -3.50. The van der Waals surface area contributed by atoms with Gasteiger partial charge < -0.3 is 21.1 Å². The summed E-state index contributed by atoms with van der Waals surface area (Å²) >= 11 is 6.05. The first-order chi connectivity index (χ1) is 16.4. The van der Waals surface area contributed by atoms with Crippen molar-refractivity contribution < 1.29 is 19.5 Å². The minimum Gasteiger partial charge on any atom is -0.392 e. The van der Waals surface area contributed by atoms with Gasteiger partial charge in [0.15, 0.2) is 5.69 Å². The number of anilines is 1. The van der Waals surface area contributed by atoms with E-state index in [1.165, 1.54) is 4.68 Å². The van der Waals surface area contributed by atoms with Gasteiger partial charge in [0.25, 0.3) is 5.91 Å². The number of amides is 3. The quantitative estimate of drug-likeness (QED) is 0.456. The molecule has 2 bridgehead atoms. The molecule has 2 fully saturated rings. The largest absolute Gasteiger partial charge is 0.392 e. The number of benzene rings is 1. The number of nitrogens with zero attached hydrogens (tertiary/aromatic N) is 4. The second kappa shape index (κ2) is 8.69. The van der Waals surface area contributed by atoms with E-state index in [0.29, 0.717) is 16.5 Å². The maximum absolute atomic E-state index is 13.4. The predicted molar refractivity (Wildman–Crippen MR) is 124 cm³/mol. The maximum atomic E-state index is 13.4. The summed E-state index contributed by atoms with van der Waals surface area (Å²) in [4.78, 5) is 44.2. The van der Waals surface area contributed by atoms with Crippen LogP contribution in [0.2, 0.25) is 5.15 Å². The summed E-state index contributed by atoms with van der Waals surface area (Å²) in [5.41, 5.74) is 6.65. The molecule has 34 heavy (non-hydrogen) atoms. The van der Waals surface area contributed by atoms with Gasteiger partial charge in [0, 0.05) is 17.0 Å². The van der Waals surface area contributed by atoms with Crippen molar-refractivity contribution in [1.82, 2.24) is 19.7 Å². The third-order valence-electron chi connectivity index (χ3n) is 6.67. The Morgan fingerprint density at radius 3 is 2.71 bits per heavy atom. The lowest BCUT2D eigenvalue weighted by Crippen LogP contribution is -2.52. The first-order valence-electron chi connectivity index (χ1n) is 11.0. The second-order valence-corrected chi connectivity index (χ2v) is 9.01. The van der Waals surface area contributed by atoms with Gasteiger partial charge in [-0.2, -0.15) is 5.10 Å². The van der Waals surface area contributed by atoms with Gasteiger partial charge in [-0.05, 0) is 43.4 Å². The van der Waals surface area contributed by atoms with Crippen LogP contribution in [-0.4, -0.2) is 54.6 Å². The molecular formula is C23H23ClN6O4. The number of hydrogen-bond donors (Lipinski definition) is 3. The van der Waals surface area contributed by atoms with Crippen LogP contribution in [0, 0.1) is 5.92 Å². The van der Waals surface area contributed by atoms with E-state index >= 15 is 0 Å². The summed E-state index contributed by atoms with van der Waals surface area (Å²) < 4.78 is 1.47. The van der Waals surface area contributed by atoms with Gasteiger partial charge in [-0.25, -0.2) is 4.98 Å². The molecule has 3 heterocycles. The highest BCUT2D eigenvalue weighted by molar-refractivity contribution is 6.30. The van der Waals surface area contributed by atoms with E-state index in [1.807, 2.05) is 0 Å². The number of piperidine rings is 1. The molecule has 2 aliphatic rings. The lowest BCUT2D eigenvalue weighted by atomic mass is 9.97. The zero-order valence-corrected chi connectivity index (χ0v) is 18.9. The van der Waals surface area contributed by atoms with E-state index in [2.05, 4.69) is 15.4 Å². The van der Waals surface area contributed by atoms with Crippen LogP contribution in [0.25, 0.3) is 10.9 Å². The highest BCUT2D eigenvalue weighted by Gasteiger charge is 2.51. The summed E-state index contributed by atoms with van der Waals surface area (Å²) in [5.74, 6) is -0.941. The average Bonchev–Trinajstić information content (AvgIpc) is 3.52. The Morgan fingerprint density at radius 1 is 1.18 bits per heavy atom. The van der Waals surface area contributed by atoms with Crippen LogP contribution in [0.15, 0.2) is 36.4 Å². The average molecular weight is 483 g/mol. The lowest BCUT2D eigenvalue weighted by Gasteiger charge is -2.34. The Labute approximate surface area is 199 Å². The molecule has 0 radical (unpaired) electrons. The number of carbonyl (C=O) groups excluding carboxylic acids is 3. The van der Waals surface area contributed by atoms with Crippen LogP contribution in [0.5, 0.6) is 0 Å². The number of nitrogens with one attached hydrogen (secondary N) is 1. The highest BCUT2D eigenvalue weighted by Crippen LogP contribution is 2.43. The van der Waals surface area contributed by atoms with Crippen molar-refractivity contribution in [3.8, 4) is 0 Å². The fraction of sp³-hybridized carbons (Fsp3) is 0.348. The van der Waals surface area contributed by atoms with E-state index in [0.717, 1.165) is 19.3 Å². The number of pyridine rings is 1. The Kier molecular flexibility index (Phi) is 5.70. The molecule has 4 N–H and O–H groups in total. The van der Waals surface area contributed by atoms with Gasteiger partial charge >= 0.3 is 0 Å². The minimum absolute atomic E-state index is 0.0287. The topological polar surface area (TPSA) is 143 Å². The van der Waals surface area contributed by atoms with Crippen molar-refractivity contribution in [1.29, 1.82) is 0 Å². The van der Waals surface area contributed by atoms with Crippen molar-refractivity contribution in [3.05, 3.63) is 52.8 Å². The van der Waals surface area contributed by atoms with Gasteiger partial charge in [-0.3, -0.25) is 19.1 Å². The summed E-state index contributed by atoms with van der Waals surface area (Å²) in [6, 6.07) is 9.57. The van der Waals surface area contributed by atoms with Gasteiger partial charge in [0.1, 0.15) is 23.6 Å². The Morgan fingerprint density at radius 2 is 1.97 bits per heavy atom. The molecular weight excluding hydrogens is 460 g/mol. The highest BCUT2D eigenvalue weighted by atomic mass is 35.5. The number of hydrogen-bond acceptors (Lipinski definition) is 6. The number of primary amides is 1. The molecule has 5 rings (SSSR count). The van der Waals surface area contributed by atoms with Crippen molar-refractivity contribution in [2.24, 2.45) is 11.7 Å². The number of carbonyl (C=O) groups is 3. The molecule has 3 atom stereocenters. The SMILES string of the molecule is NC(=O)c1nn(CC(=O)N2[C@@H]3CC[C@@H](C3)[C@H]2C(=O)Nc2ccc(CO)c(Cl)n2)c2ccccc12. The molecule has 11 heteroatoms. The fourth-order valence-corrected chi connectivity index (χ4v) is 5.39. The molecule has 176 valence electrons. The number of halogens is 1. The number of aromatic nitrogens is 3. The van der Waals surface area contributed by atoms with Gasteiger partial charge in [-0.15, -0.1) is 0 Å². The molecule has 1 saturated heterocycles. The third-order valence-corrected chi connectivity index (χ3v) is 6.99. The monoisotopic (exact) mass is 482 g/mol. The standard InChI is InChI=1S/C23H23ClN6O4/c24-21-13(11-31)6-8-17(26-21)27-23(34)20-12-5-7-14(9-12)30(20)18(32)10-29-16-4-2-1-3-15(16)19(28-29)22(25)33/h1-4,6,8,12,14,20,31H,5,7,9-11H2,(H2,25,33)(H,26,27,34)/t12-,14+,20-/m0/s1. The predicted octanol–water partition coefficient (Wildman–Crippen LogP) is 1.69. The zero-order chi connectivity index (χ0) is 24.0. The van der Waals surface area contributed by atoms with Gasteiger partial charge in [0.05, 0.1) is 12.1 Å². The van der Waals surface area contributed by atoms with Crippen molar-refractivity contribution in [2.75, 3.05) is 5.32 Å². The normalized spacial score (nSPS) is 21.2. The number of rotatable bonds is 6. The smallest absolute Gasteiger partial charge is 0.269 e. The molecule has 1 aliphatic heterocycles. The van der Waals surface area contributed by atoms with Crippen molar-refractivity contribution in [2.45, 2.75) is 44.5 Å². The van der Waals surface area contributed by atoms with Gasteiger partial charge in [0.2, 0.25) is 11.8 Å². The zero-order valence-electron chi connectivity index (χ0n) is 18.1. The maximum Gasteiger partial charge on any atom is 0.269 e. The van der Waals surface area contributed by atoms with E-state index in [4.69, 9.17) is 17.3 Å². The van der Waals surface area contributed by atoms with E-state index < -0.39 is 11.9 Å². The molecule has 1 aromatic carbocycles. The van der Waals surface area contributed by atoms with Crippen LogP contribution in [0.1, 0.15) is 35.3 Å². The fourth-order valence-electron chi connectivity index (χ4n) is 5.18. The third kappa shape index (κ3) is 3.78. The Bertz CT molecular complexity index is 1310. The van der Waals surface area contributed by atoms with Crippen molar-refractivity contribution in [3.63, 3.8) is 0 Å². The summed E-state index contributed by atoms with van der Waals surface area (Å²) in [5, 5.41) is 17.0. The molecule has 0 unspecified atom stereocenters. The number of aliphatic hydroxyl groups is 1. The molecule has 3 aromatic rings. The van der Waals surface area contributed by atoms with Crippen LogP contribution in [-0.2, 0) is 22.7 Å². The number of para-hydroxylation sites is 1. The van der Waals surface area contributed by atoms with Gasteiger partial charge in [-0.1, -0.05) is 29.8 Å². The molecule has 1 saturated carbocycles. The lowest BCUT2D eigenvalue weighted by molar-refractivity contribution is -0.141. The molecule has 0 spiro atoms. The van der Waals surface area contributed by atoms with E-state index in [1.54, 1.807) is 41.3 Å². The number of aliphatic hydroxyl groups excluding tert-OH is 1. The number of nitrogens with two attached hydrogens (primary N) is 1. The van der Waals surface area contributed by atoms with E-state index in [-0.39, 0.29) is 53.6 Å². The van der Waals surface area contributed by atoms with Crippen molar-refractivity contribution >= 4 is 46.0 Å². The summed E-state index contributed by atoms with van der Waals surface area (Å²) in [6.07, 6.45) is 2.45. The van der Waals surface area contributed by atoms with Crippen LogP contribution >= 0.6 is 11.6 Å². The number of likely N-dealkylation sites (tertiary alicyclic amines) is 1. The van der Waals surface area contributed by atoms with E-state index in [9.17, 15) is 19.5 Å². The van der Waals surface area contributed by atoms with Crippen LogP contribution in [0.4, 0.5) is 5.82 Å². The molecule has 3 amide bonds. The molecule has 1 aliphatic carbocycles. The second-order valence-electron chi connectivity index (χ2n) is 8.65. The van der Waals surface area contributed by atoms with Crippen LogP contribution in [0.3, 0.4) is 0 Å². The first-order valence-corrected chi connectivity index (χ1v) is 11.4. The summed E-state index contributed by atoms with van der Waals surface area (Å²) in [7, 11) is 0. The summed E-state index contributed by atoms with van der Waals surface area (Å²) in [6.45, 7) is -0.371. The number of fused-ring (bicyclic) bond motifs is 3. The van der Waals surface area contributed by atoms with Crippen LogP contribution < -0.4 is 11.1 Å². The molecule has 10 nitrogen and oxygen atoms in total. The Balaban J connectivity index is 1.39. The molecule has 2 aromatic heterocycles.